The van der Waals surface area contributed by atoms with Crippen LogP contribution in [0.5, 0.6) is 5.75 Å². The number of ketones is 1. The maximum Gasteiger partial charge on any atom is 0.193 e. The largest absolute Gasteiger partial charge is 0.508 e. The second-order valence-electron chi connectivity index (χ2n) is 10.4. The van der Waals surface area contributed by atoms with Gasteiger partial charge in [0.2, 0.25) is 0 Å². The van der Waals surface area contributed by atoms with E-state index in [9.17, 15) is 29.2 Å². The molecular weight excluding hydrogens is 494 g/mol. The van der Waals surface area contributed by atoms with Crippen LogP contribution < -0.4 is 0 Å². The van der Waals surface area contributed by atoms with Gasteiger partial charge in [0.05, 0.1) is 11.1 Å². The average molecular weight is 521 g/mol. The highest BCUT2D eigenvalue weighted by molar-refractivity contribution is 6.10. The Bertz CT molecular complexity index is 1670. The highest BCUT2D eigenvalue weighted by Crippen LogP contribution is 2.41. The molecule has 4 aromatic carbocycles. The Morgan fingerprint density at radius 1 is 0.718 bits per heavy atom. The van der Waals surface area contributed by atoms with Crippen molar-refractivity contribution in [2.75, 3.05) is 0 Å². The van der Waals surface area contributed by atoms with Crippen molar-refractivity contribution in [3.8, 4) is 17.9 Å². The van der Waals surface area contributed by atoms with Crippen LogP contribution in [0, 0.1) is 34.3 Å². The maximum atomic E-state index is 14.6. The summed E-state index contributed by atoms with van der Waals surface area (Å²) in [6.07, 6.45) is 0. The summed E-state index contributed by atoms with van der Waals surface area (Å²) in [5.74, 6) is -1.61. The standard InChI is InChI=1S/C33H26F2N2O2/c1-32(2,26-7-5-9-29(34)24(26)18-36)21-13-16-28(23(17-21)31(39)20-11-14-22(38)15-12-20)33(3,4)27-8-6-10-30(35)25(27)19-37/h5-17,38H,1-4H3. The number of carbonyl (C=O) groups is 1. The molecule has 4 nitrogen and oxygen atoms in total. The Labute approximate surface area is 226 Å². The first kappa shape index (κ1) is 27.2. The molecule has 0 aliphatic carbocycles. The number of halogens is 2. The summed E-state index contributed by atoms with van der Waals surface area (Å²) in [4.78, 5) is 13.9. The molecule has 0 aromatic heterocycles. The fraction of sp³-hybridized carbons (Fsp3) is 0.182. The monoisotopic (exact) mass is 520 g/mol. The lowest BCUT2D eigenvalue weighted by Crippen LogP contribution is -2.27. The molecule has 0 saturated carbocycles. The van der Waals surface area contributed by atoms with Crippen molar-refractivity contribution in [1.82, 2.24) is 0 Å². The molecule has 0 aliphatic rings. The van der Waals surface area contributed by atoms with Crippen LogP contribution in [-0.2, 0) is 10.8 Å². The molecule has 0 spiro atoms. The Hall–Kier alpha value is -4.81. The van der Waals surface area contributed by atoms with E-state index in [0.29, 0.717) is 33.4 Å². The number of aromatic hydroxyl groups is 1. The van der Waals surface area contributed by atoms with Crippen LogP contribution in [0.15, 0.2) is 78.9 Å². The third kappa shape index (κ3) is 4.78. The zero-order valence-corrected chi connectivity index (χ0v) is 22.0. The normalized spacial score (nSPS) is 11.5. The van der Waals surface area contributed by atoms with Crippen LogP contribution in [-0.4, -0.2) is 10.9 Å². The molecule has 39 heavy (non-hydrogen) atoms. The van der Waals surface area contributed by atoms with Crippen molar-refractivity contribution in [1.29, 1.82) is 10.5 Å². The second kappa shape index (κ2) is 10.2. The van der Waals surface area contributed by atoms with E-state index in [0.717, 1.165) is 0 Å². The van der Waals surface area contributed by atoms with Gasteiger partial charge in [-0.2, -0.15) is 10.5 Å². The lowest BCUT2D eigenvalue weighted by atomic mass is 9.70. The van der Waals surface area contributed by atoms with Crippen LogP contribution in [0.3, 0.4) is 0 Å². The number of rotatable bonds is 6. The fourth-order valence-corrected chi connectivity index (χ4v) is 5.05. The van der Waals surface area contributed by atoms with Crippen LogP contribution in [0.25, 0.3) is 0 Å². The van der Waals surface area contributed by atoms with Crippen LogP contribution >= 0.6 is 0 Å². The molecule has 0 atom stereocenters. The zero-order chi connectivity index (χ0) is 28.5. The topological polar surface area (TPSA) is 84.9 Å². The highest BCUT2D eigenvalue weighted by atomic mass is 19.1. The number of nitrogens with zero attached hydrogens (tertiary/aromatic N) is 2. The predicted molar refractivity (Wildman–Crippen MR) is 144 cm³/mol. The Morgan fingerprint density at radius 2 is 1.23 bits per heavy atom. The SMILES string of the molecule is CC(C)(c1ccc(C(C)(C)c2cccc(F)c2C#N)c(C(=O)c2ccc(O)cc2)c1)c1cccc(F)c1C#N. The second-order valence-corrected chi connectivity index (χ2v) is 10.4. The molecule has 6 heteroatoms. The Morgan fingerprint density at radius 3 is 1.74 bits per heavy atom. The smallest absolute Gasteiger partial charge is 0.193 e. The quantitative estimate of drug-likeness (QED) is 0.270. The van der Waals surface area contributed by atoms with Crippen LogP contribution in [0.2, 0.25) is 0 Å². The number of carbonyl (C=O) groups excluding carboxylic acids is 1. The molecule has 0 fully saturated rings. The van der Waals surface area contributed by atoms with Gasteiger partial charge in [0.15, 0.2) is 5.78 Å². The molecule has 194 valence electrons. The van der Waals surface area contributed by atoms with Gasteiger partial charge in [-0.1, -0.05) is 64.1 Å². The lowest BCUT2D eigenvalue weighted by molar-refractivity contribution is 0.103. The van der Waals surface area contributed by atoms with E-state index in [2.05, 4.69) is 0 Å². The first-order valence-corrected chi connectivity index (χ1v) is 12.3. The molecule has 0 bridgehead atoms. The van der Waals surface area contributed by atoms with Crippen molar-refractivity contribution >= 4 is 5.78 Å². The van der Waals surface area contributed by atoms with Gasteiger partial charge < -0.3 is 5.11 Å². The van der Waals surface area contributed by atoms with E-state index in [4.69, 9.17) is 0 Å². The third-order valence-electron chi connectivity index (χ3n) is 7.39. The number of hydrogen-bond acceptors (Lipinski definition) is 4. The fourth-order valence-electron chi connectivity index (χ4n) is 5.05. The molecule has 0 aliphatic heterocycles. The van der Waals surface area contributed by atoms with E-state index >= 15 is 0 Å². The van der Waals surface area contributed by atoms with Gasteiger partial charge in [-0.25, -0.2) is 8.78 Å². The predicted octanol–water partition coefficient (Wildman–Crippen LogP) is 7.30. The molecule has 0 unspecified atom stereocenters. The van der Waals surface area contributed by atoms with Gasteiger partial charge in [0.1, 0.15) is 29.5 Å². The Balaban J connectivity index is 1.99. The van der Waals surface area contributed by atoms with Gasteiger partial charge in [-0.15, -0.1) is 0 Å². The highest BCUT2D eigenvalue weighted by Gasteiger charge is 2.34. The summed E-state index contributed by atoms with van der Waals surface area (Å²) < 4.78 is 29.1. The molecular formula is C33H26F2N2O2. The van der Waals surface area contributed by atoms with Crippen molar-refractivity contribution in [3.05, 3.63) is 135 Å². The average Bonchev–Trinajstić information content (AvgIpc) is 2.92. The summed E-state index contributed by atoms with van der Waals surface area (Å²) >= 11 is 0. The first-order chi connectivity index (χ1) is 18.4. The number of nitriles is 2. The minimum absolute atomic E-state index is 0.00977. The summed E-state index contributed by atoms with van der Waals surface area (Å²) in [7, 11) is 0. The zero-order valence-electron chi connectivity index (χ0n) is 22.0. The molecule has 4 rings (SSSR count). The number of phenolic OH excluding ortho intramolecular Hbond substituents is 1. The summed E-state index contributed by atoms with van der Waals surface area (Å²) in [5.41, 5.74) is 0.733. The van der Waals surface area contributed by atoms with Crippen molar-refractivity contribution in [2.45, 2.75) is 38.5 Å². The molecule has 0 radical (unpaired) electrons. The van der Waals surface area contributed by atoms with E-state index < -0.39 is 22.5 Å². The maximum absolute atomic E-state index is 14.6. The molecule has 4 aromatic rings. The first-order valence-electron chi connectivity index (χ1n) is 12.3. The van der Waals surface area contributed by atoms with Crippen molar-refractivity contribution < 1.29 is 18.7 Å². The summed E-state index contributed by atoms with van der Waals surface area (Å²) in [6.45, 7) is 7.32. The van der Waals surface area contributed by atoms with Gasteiger partial charge in [0.25, 0.3) is 0 Å². The van der Waals surface area contributed by atoms with E-state index in [-0.39, 0.29) is 22.7 Å². The van der Waals surface area contributed by atoms with E-state index in [1.807, 2.05) is 45.9 Å². The van der Waals surface area contributed by atoms with Crippen molar-refractivity contribution in [3.63, 3.8) is 0 Å². The van der Waals surface area contributed by atoms with E-state index in [1.165, 1.54) is 42.5 Å². The van der Waals surface area contributed by atoms with Gasteiger partial charge in [0, 0.05) is 22.0 Å². The van der Waals surface area contributed by atoms with Crippen molar-refractivity contribution in [2.24, 2.45) is 0 Å². The van der Waals surface area contributed by atoms with Crippen LogP contribution in [0.4, 0.5) is 8.78 Å². The lowest BCUT2D eigenvalue weighted by Gasteiger charge is -2.32. The van der Waals surface area contributed by atoms with E-state index in [1.54, 1.807) is 30.3 Å². The Kier molecular flexibility index (Phi) is 7.09. The minimum Gasteiger partial charge on any atom is -0.508 e. The van der Waals surface area contributed by atoms with Gasteiger partial charge in [-0.05, 0) is 64.7 Å². The molecule has 1 N–H and O–H groups in total. The third-order valence-corrected chi connectivity index (χ3v) is 7.39. The van der Waals surface area contributed by atoms with Gasteiger partial charge in [-0.3, -0.25) is 4.79 Å². The molecule has 0 amide bonds. The number of phenols is 1. The van der Waals surface area contributed by atoms with Gasteiger partial charge >= 0.3 is 0 Å². The molecule has 0 saturated heterocycles. The molecule has 0 heterocycles. The summed E-state index contributed by atoms with van der Waals surface area (Å²) in [6, 6.07) is 23.9. The number of benzene rings is 4. The summed E-state index contributed by atoms with van der Waals surface area (Å²) in [5, 5.41) is 29.1. The number of hydrogen-bond donors (Lipinski definition) is 1. The van der Waals surface area contributed by atoms with Crippen LogP contribution in [0.1, 0.15) is 77.0 Å². The minimum atomic E-state index is -0.964.